The van der Waals surface area contributed by atoms with E-state index < -0.39 is 0 Å². The summed E-state index contributed by atoms with van der Waals surface area (Å²) in [4.78, 5) is 11.9. The Labute approximate surface area is 110 Å². The van der Waals surface area contributed by atoms with E-state index in [0.717, 1.165) is 32.1 Å². The summed E-state index contributed by atoms with van der Waals surface area (Å²) < 4.78 is 5.14. The predicted octanol–water partition coefficient (Wildman–Crippen LogP) is 1.72. The second kappa shape index (κ2) is 7.74. The molecule has 0 radical (unpaired) electrons. The number of hydrogen-bond donors (Lipinski definition) is 2. The van der Waals surface area contributed by atoms with Crippen LogP contribution in [0.1, 0.15) is 46.0 Å². The van der Waals surface area contributed by atoms with E-state index in [1.807, 2.05) is 0 Å². The van der Waals surface area contributed by atoms with E-state index >= 15 is 0 Å². The van der Waals surface area contributed by atoms with Crippen LogP contribution in [0, 0.1) is 11.3 Å². The molecule has 0 aromatic heterocycles. The summed E-state index contributed by atoms with van der Waals surface area (Å²) in [5.74, 6) is 0.407. The summed E-state index contributed by atoms with van der Waals surface area (Å²) >= 11 is 0. The Kier molecular flexibility index (Phi) is 6.65. The largest absolute Gasteiger partial charge is 0.394 e. The first-order valence-corrected chi connectivity index (χ1v) is 7.01. The molecule has 1 fully saturated rings. The van der Waals surface area contributed by atoms with Crippen molar-refractivity contribution in [2.45, 2.75) is 46.0 Å². The van der Waals surface area contributed by atoms with Crippen molar-refractivity contribution in [3.63, 3.8) is 0 Å². The van der Waals surface area contributed by atoms with Crippen LogP contribution in [0.4, 0.5) is 0 Å². The average molecular weight is 257 g/mol. The first-order chi connectivity index (χ1) is 8.55. The fraction of sp³-hybridized carbons (Fsp3) is 0.929. The molecule has 0 heterocycles. The average Bonchev–Trinajstić information content (AvgIpc) is 2.33. The Balaban J connectivity index is 2.07. The molecule has 1 saturated carbocycles. The molecule has 1 rings (SSSR count). The van der Waals surface area contributed by atoms with Crippen molar-refractivity contribution >= 4 is 5.91 Å². The standard InChI is InChI=1S/C14H27NO3/c1-14(2)6-4-12(5-7-14)13(17)15-8-3-10-18-11-9-16/h12,16H,3-11H2,1-2H3,(H,15,17). The zero-order chi connectivity index (χ0) is 13.4. The Hall–Kier alpha value is -0.610. The molecule has 0 spiro atoms. The van der Waals surface area contributed by atoms with Crippen LogP contribution >= 0.6 is 0 Å². The maximum Gasteiger partial charge on any atom is 0.223 e. The fourth-order valence-electron chi connectivity index (χ4n) is 2.36. The van der Waals surface area contributed by atoms with Crippen LogP contribution in [0.5, 0.6) is 0 Å². The molecule has 4 nitrogen and oxygen atoms in total. The van der Waals surface area contributed by atoms with Crippen LogP contribution in [0.2, 0.25) is 0 Å². The predicted molar refractivity (Wildman–Crippen MR) is 71.3 cm³/mol. The molecule has 0 aromatic rings. The highest BCUT2D eigenvalue weighted by atomic mass is 16.5. The molecule has 4 heteroatoms. The number of carbonyl (C=O) groups excluding carboxylic acids is 1. The summed E-state index contributed by atoms with van der Waals surface area (Å²) in [6, 6.07) is 0. The molecule has 18 heavy (non-hydrogen) atoms. The Morgan fingerprint density at radius 1 is 1.33 bits per heavy atom. The van der Waals surface area contributed by atoms with Crippen molar-refractivity contribution in [3.8, 4) is 0 Å². The van der Waals surface area contributed by atoms with E-state index in [0.29, 0.717) is 25.2 Å². The van der Waals surface area contributed by atoms with Gasteiger partial charge >= 0.3 is 0 Å². The van der Waals surface area contributed by atoms with Gasteiger partial charge in [-0.05, 0) is 37.5 Å². The van der Waals surface area contributed by atoms with E-state index in [1.54, 1.807) is 0 Å². The highest BCUT2D eigenvalue weighted by Crippen LogP contribution is 2.37. The van der Waals surface area contributed by atoms with E-state index in [-0.39, 0.29) is 18.4 Å². The lowest BCUT2D eigenvalue weighted by Crippen LogP contribution is -2.35. The van der Waals surface area contributed by atoms with Crippen molar-refractivity contribution < 1.29 is 14.6 Å². The molecule has 0 saturated heterocycles. The summed E-state index contributed by atoms with van der Waals surface area (Å²) in [6.45, 7) is 6.26. The minimum atomic E-state index is 0.0597. The van der Waals surface area contributed by atoms with Crippen molar-refractivity contribution in [1.29, 1.82) is 0 Å². The van der Waals surface area contributed by atoms with Crippen molar-refractivity contribution in [3.05, 3.63) is 0 Å². The zero-order valence-electron chi connectivity index (χ0n) is 11.7. The molecule has 0 unspecified atom stereocenters. The van der Waals surface area contributed by atoms with Gasteiger partial charge in [0.2, 0.25) is 5.91 Å². The number of ether oxygens (including phenoxy) is 1. The zero-order valence-corrected chi connectivity index (χ0v) is 11.7. The lowest BCUT2D eigenvalue weighted by molar-refractivity contribution is -0.126. The van der Waals surface area contributed by atoms with Crippen LogP contribution in [0.3, 0.4) is 0 Å². The van der Waals surface area contributed by atoms with E-state index in [9.17, 15) is 4.79 Å². The molecule has 0 aliphatic heterocycles. The van der Waals surface area contributed by atoms with Crippen LogP contribution in [-0.4, -0.2) is 37.4 Å². The molecule has 2 N–H and O–H groups in total. The third-order valence-corrected chi connectivity index (χ3v) is 3.71. The van der Waals surface area contributed by atoms with E-state index in [4.69, 9.17) is 9.84 Å². The molecule has 0 bridgehead atoms. The maximum atomic E-state index is 11.9. The Bertz CT molecular complexity index is 243. The van der Waals surface area contributed by atoms with Gasteiger partial charge in [-0.25, -0.2) is 0 Å². The van der Waals surface area contributed by atoms with Crippen LogP contribution < -0.4 is 5.32 Å². The number of rotatable bonds is 7. The number of carbonyl (C=O) groups is 1. The summed E-state index contributed by atoms with van der Waals surface area (Å²) in [5.41, 5.74) is 0.412. The van der Waals surface area contributed by atoms with Gasteiger partial charge in [0.1, 0.15) is 0 Å². The van der Waals surface area contributed by atoms with Crippen molar-refractivity contribution in [2.24, 2.45) is 11.3 Å². The summed E-state index contributed by atoms with van der Waals surface area (Å²) in [7, 11) is 0. The van der Waals surface area contributed by atoms with E-state index in [1.165, 1.54) is 0 Å². The summed E-state index contributed by atoms with van der Waals surface area (Å²) in [5, 5.41) is 11.5. The minimum Gasteiger partial charge on any atom is -0.394 e. The molecule has 1 amide bonds. The topological polar surface area (TPSA) is 58.6 Å². The number of amides is 1. The number of nitrogens with one attached hydrogen (secondary N) is 1. The number of aliphatic hydroxyl groups is 1. The van der Waals surface area contributed by atoms with Crippen LogP contribution in [-0.2, 0) is 9.53 Å². The lowest BCUT2D eigenvalue weighted by atomic mass is 9.73. The third-order valence-electron chi connectivity index (χ3n) is 3.71. The van der Waals surface area contributed by atoms with Gasteiger partial charge in [-0.3, -0.25) is 4.79 Å². The monoisotopic (exact) mass is 257 g/mol. The smallest absolute Gasteiger partial charge is 0.223 e. The van der Waals surface area contributed by atoms with Gasteiger partial charge in [-0.15, -0.1) is 0 Å². The maximum absolute atomic E-state index is 11.9. The number of aliphatic hydroxyl groups excluding tert-OH is 1. The first kappa shape index (κ1) is 15.4. The fourth-order valence-corrected chi connectivity index (χ4v) is 2.36. The van der Waals surface area contributed by atoms with Gasteiger partial charge in [-0.2, -0.15) is 0 Å². The second-order valence-electron chi connectivity index (χ2n) is 5.92. The Morgan fingerprint density at radius 3 is 2.61 bits per heavy atom. The third kappa shape index (κ3) is 5.83. The molecular weight excluding hydrogens is 230 g/mol. The SMILES string of the molecule is CC1(C)CCC(C(=O)NCCCOCCO)CC1. The molecule has 0 atom stereocenters. The Morgan fingerprint density at radius 2 is 2.00 bits per heavy atom. The van der Waals surface area contributed by atoms with Crippen LogP contribution in [0.25, 0.3) is 0 Å². The van der Waals surface area contributed by atoms with Gasteiger partial charge < -0.3 is 15.2 Å². The lowest BCUT2D eigenvalue weighted by Gasteiger charge is -2.33. The van der Waals surface area contributed by atoms with Crippen molar-refractivity contribution in [2.75, 3.05) is 26.4 Å². The van der Waals surface area contributed by atoms with E-state index in [2.05, 4.69) is 19.2 Å². The van der Waals surface area contributed by atoms with Gasteiger partial charge in [0.15, 0.2) is 0 Å². The van der Waals surface area contributed by atoms with Crippen LogP contribution in [0.15, 0.2) is 0 Å². The highest BCUT2D eigenvalue weighted by Gasteiger charge is 2.30. The number of hydrogen-bond acceptors (Lipinski definition) is 3. The summed E-state index contributed by atoms with van der Waals surface area (Å²) in [6.07, 6.45) is 5.12. The quantitative estimate of drug-likeness (QED) is 0.683. The highest BCUT2D eigenvalue weighted by molar-refractivity contribution is 5.78. The molecule has 106 valence electrons. The molecular formula is C14H27NO3. The van der Waals surface area contributed by atoms with Crippen molar-refractivity contribution in [1.82, 2.24) is 5.32 Å². The molecule has 1 aliphatic carbocycles. The van der Waals surface area contributed by atoms with Gasteiger partial charge in [0, 0.05) is 19.1 Å². The van der Waals surface area contributed by atoms with Gasteiger partial charge in [0.25, 0.3) is 0 Å². The second-order valence-corrected chi connectivity index (χ2v) is 5.92. The van der Waals surface area contributed by atoms with Gasteiger partial charge in [-0.1, -0.05) is 13.8 Å². The minimum absolute atomic E-state index is 0.0597. The molecule has 0 aromatic carbocycles. The first-order valence-electron chi connectivity index (χ1n) is 7.01. The normalized spacial score (nSPS) is 19.7. The molecule has 1 aliphatic rings. The van der Waals surface area contributed by atoms with Gasteiger partial charge in [0.05, 0.1) is 13.2 Å².